The molecule has 0 saturated carbocycles. The fourth-order valence-corrected chi connectivity index (χ4v) is 3.29. The maximum atomic E-state index is 12.5. The van der Waals surface area contributed by atoms with Crippen LogP contribution in [0, 0.1) is 6.92 Å². The summed E-state index contributed by atoms with van der Waals surface area (Å²) in [5.41, 5.74) is 1.18. The molecule has 2 aromatic rings. The zero-order valence-electron chi connectivity index (χ0n) is 15.7. The van der Waals surface area contributed by atoms with E-state index in [4.69, 9.17) is 4.52 Å². The van der Waals surface area contributed by atoms with Gasteiger partial charge in [-0.2, -0.15) is 4.98 Å². The minimum Gasteiger partial charge on any atom is -0.338 e. The van der Waals surface area contributed by atoms with E-state index in [2.05, 4.69) is 15.5 Å². The van der Waals surface area contributed by atoms with E-state index in [0.717, 1.165) is 6.42 Å². The molecular formula is C19H25N5O3. The molecule has 1 N–H and O–H groups in total. The van der Waals surface area contributed by atoms with E-state index in [1.165, 1.54) is 12.5 Å². The summed E-state index contributed by atoms with van der Waals surface area (Å²) >= 11 is 0. The highest BCUT2D eigenvalue weighted by molar-refractivity contribution is 5.75. The van der Waals surface area contributed by atoms with Crippen molar-refractivity contribution in [2.75, 3.05) is 26.2 Å². The van der Waals surface area contributed by atoms with E-state index in [9.17, 15) is 9.59 Å². The SMILES string of the molecule is CC(=O)N1CCN(C(=O)NCCc2ccccc2)CCC1c1nc(C)no1. The summed E-state index contributed by atoms with van der Waals surface area (Å²) in [5, 5.41) is 6.79. The Morgan fingerprint density at radius 1 is 1.22 bits per heavy atom. The first-order chi connectivity index (χ1) is 13.0. The molecule has 1 saturated heterocycles. The molecule has 8 nitrogen and oxygen atoms in total. The molecule has 0 bridgehead atoms. The summed E-state index contributed by atoms with van der Waals surface area (Å²) in [6.45, 7) is 5.27. The van der Waals surface area contributed by atoms with Gasteiger partial charge in [-0.25, -0.2) is 4.79 Å². The van der Waals surface area contributed by atoms with Crippen molar-refractivity contribution in [1.29, 1.82) is 0 Å². The maximum absolute atomic E-state index is 12.5. The number of benzene rings is 1. The standard InChI is InChI=1S/C19H25N5O3/c1-14-21-18(27-22-14)17-9-11-23(12-13-24(17)15(2)25)19(26)20-10-8-16-6-4-3-5-7-16/h3-7,17H,8-13H2,1-2H3,(H,20,26). The Kier molecular flexibility index (Phi) is 6.05. The molecule has 1 aliphatic heterocycles. The highest BCUT2D eigenvalue weighted by Crippen LogP contribution is 2.25. The summed E-state index contributed by atoms with van der Waals surface area (Å²) in [6, 6.07) is 9.62. The average molecular weight is 371 g/mol. The Labute approximate surface area is 158 Å². The molecule has 1 aromatic carbocycles. The van der Waals surface area contributed by atoms with Crippen LogP contribution in [0.4, 0.5) is 4.79 Å². The predicted molar refractivity (Wildman–Crippen MR) is 98.9 cm³/mol. The van der Waals surface area contributed by atoms with Crippen LogP contribution in [0.15, 0.2) is 34.9 Å². The van der Waals surface area contributed by atoms with Crippen molar-refractivity contribution in [3.05, 3.63) is 47.6 Å². The van der Waals surface area contributed by atoms with Gasteiger partial charge in [0.25, 0.3) is 0 Å². The minimum atomic E-state index is -0.300. The summed E-state index contributed by atoms with van der Waals surface area (Å²) in [7, 11) is 0. The van der Waals surface area contributed by atoms with Gasteiger partial charge in [-0.15, -0.1) is 0 Å². The predicted octanol–water partition coefficient (Wildman–Crippen LogP) is 1.93. The Balaban J connectivity index is 1.58. The maximum Gasteiger partial charge on any atom is 0.317 e. The second kappa shape index (κ2) is 8.66. The third-order valence-electron chi connectivity index (χ3n) is 4.71. The zero-order valence-corrected chi connectivity index (χ0v) is 15.7. The number of carbonyl (C=O) groups excluding carboxylic acids is 2. The van der Waals surface area contributed by atoms with Crippen molar-refractivity contribution in [2.45, 2.75) is 32.7 Å². The van der Waals surface area contributed by atoms with Crippen molar-refractivity contribution in [2.24, 2.45) is 0 Å². The molecular weight excluding hydrogens is 346 g/mol. The molecule has 1 fully saturated rings. The molecule has 0 aliphatic carbocycles. The Bertz CT molecular complexity index is 777. The number of rotatable bonds is 4. The Morgan fingerprint density at radius 2 is 2.00 bits per heavy atom. The first-order valence-electron chi connectivity index (χ1n) is 9.18. The number of amides is 3. The van der Waals surface area contributed by atoms with E-state index in [-0.39, 0.29) is 18.0 Å². The number of urea groups is 1. The van der Waals surface area contributed by atoms with Gasteiger partial charge in [0.1, 0.15) is 6.04 Å². The number of aryl methyl sites for hydroxylation is 1. The number of nitrogens with zero attached hydrogens (tertiary/aromatic N) is 4. The third kappa shape index (κ3) is 4.84. The minimum absolute atomic E-state index is 0.0674. The van der Waals surface area contributed by atoms with Crippen LogP contribution in [0.5, 0.6) is 0 Å². The Morgan fingerprint density at radius 3 is 2.67 bits per heavy atom. The van der Waals surface area contributed by atoms with Gasteiger partial charge in [0.2, 0.25) is 11.8 Å². The number of carbonyl (C=O) groups is 2. The van der Waals surface area contributed by atoms with Gasteiger partial charge < -0.3 is 19.6 Å². The van der Waals surface area contributed by atoms with Crippen molar-refractivity contribution in [3.63, 3.8) is 0 Å². The Hall–Kier alpha value is -2.90. The summed E-state index contributed by atoms with van der Waals surface area (Å²) < 4.78 is 5.28. The number of nitrogens with one attached hydrogen (secondary N) is 1. The quantitative estimate of drug-likeness (QED) is 0.887. The van der Waals surface area contributed by atoms with E-state index in [0.29, 0.717) is 44.3 Å². The van der Waals surface area contributed by atoms with Crippen LogP contribution in [0.1, 0.15) is 36.7 Å². The van der Waals surface area contributed by atoms with Gasteiger partial charge in [0.15, 0.2) is 5.82 Å². The van der Waals surface area contributed by atoms with Crippen LogP contribution >= 0.6 is 0 Å². The first kappa shape index (κ1) is 18.9. The van der Waals surface area contributed by atoms with Crippen LogP contribution in [0.2, 0.25) is 0 Å². The topological polar surface area (TPSA) is 91.6 Å². The largest absolute Gasteiger partial charge is 0.338 e. The van der Waals surface area contributed by atoms with E-state index >= 15 is 0 Å². The molecule has 1 aromatic heterocycles. The molecule has 0 spiro atoms. The van der Waals surface area contributed by atoms with Crippen LogP contribution < -0.4 is 5.32 Å². The van der Waals surface area contributed by atoms with E-state index in [1.807, 2.05) is 30.3 Å². The fourth-order valence-electron chi connectivity index (χ4n) is 3.29. The molecule has 144 valence electrons. The van der Waals surface area contributed by atoms with E-state index in [1.54, 1.807) is 16.7 Å². The molecule has 1 atom stereocenters. The first-order valence-corrected chi connectivity index (χ1v) is 9.18. The van der Waals surface area contributed by atoms with Gasteiger partial charge in [-0.05, 0) is 25.3 Å². The van der Waals surface area contributed by atoms with Crippen molar-refractivity contribution < 1.29 is 14.1 Å². The summed E-state index contributed by atoms with van der Waals surface area (Å²) in [5.74, 6) is 0.893. The lowest BCUT2D eigenvalue weighted by Gasteiger charge is -2.25. The van der Waals surface area contributed by atoms with Crippen molar-refractivity contribution >= 4 is 11.9 Å². The number of hydrogen-bond donors (Lipinski definition) is 1. The zero-order chi connectivity index (χ0) is 19.2. The summed E-state index contributed by atoms with van der Waals surface area (Å²) in [4.78, 5) is 32.3. The van der Waals surface area contributed by atoms with Crippen LogP contribution in [-0.4, -0.2) is 58.1 Å². The lowest BCUT2D eigenvalue weighted by Crippen LogP contribution is -2.43. The average Bonchev–Trinajstić information content (AvgIpc) is 2.96. The number of hydrogen-bond acceptors (Lipinski definition) is 5. The molecule has 27 heavy (non-hydrogen) atoms. The second-order valence-corrected chi connectivity index (χ2v) is 6.65. The molecule has 1 unspecified atom stereocenters. The van der Waals surface area contributed by atoms with Crippen molar-refractivity contribution in [3.8, 4) is 0 Å². The number of aromatic nitrogens is 2. The van der Waals surface area contributed by atoms with E-state index < -0.39 is 0 Å². The molecule has 3 rings (SSSR count). The smallest absolute Gasteiger partial charge is 0.317 e. The third-order valence-corrected chi connectivity index (χ3v) is 4.71. The van der Waals surface area contributed by atoms with Gasteiger partial charge in [-0.1, -0.05) is 35.5 Å². The lowest BCUT2D eigenvalue weighted by atomic mass is 10.1. The van der Waals surface area contributed by atoms with Gasteiger partial charge in [0.05, 0.1) is 0 Å². The molecule has 3 amide bonds. The fraction of sp³-hybridized carbons (Fsp3) is 0.474. The molecule has 1 aliphatic rings. The normalized spacial score (nSPS) is 17.5. The van der Waals surface area contributed by atoms with Crippen LogP contribution in [0.3, 0.4) is 0 Å². The van der Waals surface area contributed by atoms with Crippen LogP contribution in [0.25, 0.3) is 0 Å². The van der Waals surface area contributed by atoms with Crippen molar-refractivity contribution in [1.82, 2.24) is 25.3 Å². The van der Waals surface area contributed by atoms with Gasteiger partial charge in [-0.3, -0.25) is 4.79 Å². The highest BCUT2D eigenvalue weighted by atomic mass is 16.5. The molecule has 2 heterocycles. The monoisotopic (exact) mass is 371 g/mol. The van der Waals surface area contributed by atoms with Gasteiger partial charge in [0, 0.05) is 33.1 Å². The van der Waals surface area contributed by atoms with Gasteiger partial charge >= 0.3 is 6.03 Å². The molecule has 8 heteroatoms. The van der Waals surface area contributed by atoms with Crippen LogP contribution in [-0.2, 0) is 11.2 Å². The molecule has 0 radical (unpaired) electrons. The highest BCUT2D eigenvalue weighted by Gasteiger charge is 2.32. The lowest BCUT2D eigenvalue weighted by molar-refractivity contribution is -0.131. The summed E-state index contributed by atoms with van der Waals surface area (Å²) in [6.07, 6.45) is 1.34. The second-order valence-electron chi connectivity index (χ2n) is 6.65.